The van der Waals surface area contributed by atoms with E-state index < -0.39 is 0 Å². The van der Waals surface area contributed by atoms with Crippen LogP contribution in [0.15, 0.2) is 30.3 Å². The molecule has 1 aromatic rings. The van der Waals surface area contributed by atoms with Gasteiger partial charge in [0.05, 0.1) is 38.4 Å². The van der Waals surface area contributed by atoms with Crippen LogP contribution in [0.4, 0.5) is 0 Å². The Morgan fingerprint density at radius 3 is 2.95 bits per heavy atom. The van der Waals surface area contributed by atoms with E-state index in [1.54, 1.807) is 0 Å². The molecule has 5 nitrogen and oxygen atoms in total. The number of carbonyl (C=O) groups excluding carboxylic acids is 1. The van der Waals surface area contributed by atoms with Crippen molar-refractivity contribution in [2.75, 3.05) is 32.9 Å². The Labute approximate surface area is 119 Å². The number of amides is 1. The van der Waals surface area contributed by atoms with E-state index >= 15 is 0 Å². The number of hydrogen-bond acceptors (Lipinski definition) is 4. The lowest BCUT2D eigenvalue weighted by molar-refractivity contribution is -0.125. The third-order valence-corrected chi connectivity index (χ3v) is 3.58. The largest absolute Gasteiger partial charge is 0.395 e. The molecule has 0 bridgehead atoms. The van der Waals surface area contributed by atoms with Gasteiger partial charge in [0, 0.05) is 6.54 Å². The van der Waals surface area contributed by atoms with Gasteiger partial charge in [0.1, 0.15) is 0 Å². The minimum absolute atomic E-state index is 0.0154. The predicted molar refractivity (Wildman–Crippen MR) is 76.3 cm³/mol. The van der Waals surface area contributed by atoms with Crippen LogP contribution in [0, 0.1) is 0 Å². The molecule has 0 saturated carbocycles. The highest BCUT2D eigenvalue weighted by Gasteiger charge is 2.24. The average Bonchev–Trinajstić information content (AvgIpc) is 2.48. The van der Waals surface area contributed by atoms with Crippen LogP contribution >= 0.6 is 0 Å². The zero-order chi connectivity index (χ0) is 14.4. The Morgan fingerprint density at radius 1 is 1.50 bits per heavy atom. The van der Waals surface area contributed by atoms with E-state index in [1.807, 2.05) is 42.2 Å². The molecule has 0 aromatic heterocycles. The first kappa shape index (κ1) is 15.0. The fourth-order valence-corrected chi connectivity index (χ4v) is 2.36. The molecule has 0 spiro atoms. The van der Waals surface area contributed by atoms with Crippen molar-refractivity contribution in [1.82, 2.24) is 10.2 Å². The Balaban J connectivity index is 1.85. The minimum atomic E-state index is -0.0819. The van der Waals surface area contributed by atoms with Gasteiger partial charge >= 0.3 is 0 Å². The van der Waals surface area contributed by atoms with Gasteiger partial charge in [0.15, 0.2) is 0 Å². The van der Waals surface area contributed by atoms with Crippen LogP contribution in [-0.4, -0.2) is 54.9 Å². The second kappa shape index (κ2) is 7.38. The summed E-state index contributed by atoms with van der Waals surface area (Å²) >= 11 is 0. The van der Waals surface area contributed by atoms with E-state index in [-0.39, 0.29) is 24.6 Å². The number of ether oxygens (including phenoxy) is 1. The Kier molecular flexibility index (Phi) is 5.52. The zero-order valence-electron chi connectivity index (χ0n) is 11.8. The van der Waals surface area contributed by atoms with Crippen LogP contribution < -0.4 is 5.32 Å². The summed E-state index contributed by atoms with van der Waals surface area (Å²) in [6.45, 7) is 4.05. The molecule has 1 aromatic carbocycles. The summed E-state index contributed by atoms with van der Waals surface area (Å²) in [7, 11) is 0. The third kappa shape index (κ3) is 4.03. The van der Waals surface area contributed by atoms with Crippen LogP contribution in [-0.2, 0) is 9.53 Å². The van der Waals surface area contributed by atoms with Gasteiger partial charge in [0.25, 0.3) is 0 Å². The molecule has 2 rings (SSSR count). The lowest BCUT2D eigenvalue weighted by Gasteiger charge is -2.34. The summed E-state index contributed by atoms with van der Waals surface area (Å²) in [6, 6.07) is 9.77. The molecule has 5 heteroatoms. The summed E-state index contributed by atoms with van der Waals surface area (Å²) in [5.74, 6) is -0.0262. The molecular formula is C15H22N2O3. The van der Waals surface area contributed by atoms with Crippen molar-refractivity contribution < 1.29 is 14.6 Å². The molecule has 1 amide bonds. The van der Waals surface area contributed by atoms with Crippen LogP contribution in [0.25, 0.3) is 0 Å². The summed E-state index contributed by atoms with van der Waals surface area (Å²) in [6.07, 6.45) is 0. The normalized spacial score (nSPS) is 21.4. The number of morpholine rings is 1. The second-order valence-corrected chi connectivity index (χ2v) is 5.08. The van der Waals surface area contributed by atoms with Gasteiger partial charge in [-0.1, -0.05) is 30.3 Å². The van der Waals surface area contributed by atoms with Crippen LogP contribution in [0.2, 0.25) is 0 Å². The molecule has 0 radical (unpaired) electrons. The standard InChI is InChI=1S/C15H22N2O3/c1-12(13-5-3-2-4-6-13)16-15(19)9-17-7-8-20-11-14(17)10-18/h2-6,12,14,18H,7-11H2,1H3,(H,16,19). The lowest BCUT2D eigenvalue weighted by Crippen LogP contribution is -2.51. The van der Waals surface area contributed by atoms with E-state index in [1.165, 1.54) is 0 Å². The van der Waals surface area contributed by atoms with Crippen molar-refractivity contribution in [3.63, 3.8) is 0 Å². The summed E-state index contributed by atoms with van der Waals surface area (Å²) in [5, 5.41) is 12.3. The molecule has 2 unspecified atom stereocenters. The van der Waals surface area contributed by atoms with E-state index in [0.717, 1.165) is 5.56 Å². The van der Waals surface area contributed by atoms with Crippen molar-refractivity contribution in [3.05, 3.63) is 35.9 Å². The number of nitrogens with one attached hydrogen (secondary N) is 1. The monoisotopic (exact) mass is 278 g/mol. The maximum absolute atomic E-state index is 12.1. The number of nitrogens with zero attached hydrogens (tertiary/aromatic N) is 1. The maximum Gasteiger partial charge on any atom is 0.234 e. The van der Waals surface area contributed by atoms with Gasteiger partial charge in [-0.2, -0.15) is 0 Å². The van der Waals surface area contributed by atoms with Crippen molar-refractivity contribution in [2.45, 2.75) is 19.0 Å². The molecule has 1 saturated heterocycles. The van der Waals surface area contributed by atoms with E-state index in [0.29, 0.717) is 26.3 Å². The minimum Gasteiger partial charge on any atom is -0.395 e. The first-order chi connectivity index (χ1) is 9.70. The molecule has 1 aliphatic rings. The maximum atomic E-state index is 12.1. The average molecular weight is 278 g/mol. The van der Waals surface area contributed by atoms with Crippen molar-refractivity contribution >= 4 is 5.91 Å². The van der Waals surface area contributed by atoms with E-state index in [9.17, 15) is 9.90 Å². The molecule has 1 aliphatic heterocycles. The molecule has 20 heavy (non-hydrogen) atoms. The number of aliphatic hydroxyl groups excluding tert-OH is 1. The van der Waals surface area contributed by atoms with Crippen LogP contribution in [0.3, 0.4) is 0 Å². The predicted octanol–water partition coefficient (Wildman–Crippen LogP) is 0.557. The highest BCUT2D eigenvalue weighted by atomic mass is 16.5. The molecular weight excluding hydrogens is 256 g/mol. The van der Waals surface area contributed by atoms with E-state index in [4.69, 9.17) is 4.74 Å². The molecule has 2 N–H and O–H groups in total. The van der Waals surface area contributed by atoms with E-state index in [2.05, 4.69) is 5.32 Å². The van der Waals surface area contributed by atoms with Gasteiger partial charge in [-0.15, -0.1) is 0 Å². The SMILES string of the molecule is CC(NC(=O)CN1CCOCC1CO)c1ccccc1. The quantitative estimate of drug-likeness (QED) is 0.826. The number of benzene rings is 1. The first-order valence-electron chi connectivity index (χ1n) is 6.97. The number of hydrogen-bond donors (Lipinski definition) is 2. The molecule has 110 valence electrons. The molecule has 1 fully saturated rings. The lowest BCUT2D eigenvalue weighted by atomic mass is 10.1. The smallest absolute Gasteiger partial charge is 0.234 e. The summed E-state index contributed by atoms with van der Waals surface area (Å²) in [4.78, 5) is 14.1. The van der Waals surface area contributed by atoms with Crippen molar-refractivity contribution in [2.24, 2.45) is 0 Å². The van der Waals surface area contributed by atoms with Gasteiger partial charge in [-0.05, 0) is 12.5 Å². The Hall–Kier alpha value is -1.43. The highest BCUT2D eigenvalue weighted by Crippen LogP contribution is 2.11. The van der Waals surface area contributed by atoms with Gasteiger partial charge in [-0.3, -0.25) is 9.69 Å². The summed E-state index contributed by atoms with van der Waals surface area (Å²) < 4.78 is 5.30. The number of aliphatic hydroxyl groups is 1. The molecule has 0 aliphatic carbocycles. The fraction of sp³-hybridized carbons (Fsp3) is 0.533. The number of carbonyl (C=O) groups is 1. The zero-order valence-corrected chi connectivity index (χ0v) is 11.8. The second-order valence-electron chi connectivity index (χ2n) is 5.08. The first-order valence-corrected chi connectivity index (χ1v) is 6.97. The van der Waals surface area contributed by atoms with Gasteiger partial charge in [-0.25, -0.2) is 0 Å². The van der Waals surface area contributed by atoms with Crippen molar-refractivity contribution in [1.29, 1.82) is 0 Å². The highest BCUT2D eigenvalue weighted by molar-refractivity contribution is 5.78. The third-order valence-electron chi connectivity index (χ3n) is 3.58. The van der Waals surface area contributed by atoms with Crippen LogP contribution in [0.5, 0.6) is 0 Å². The molecule has 2 atom stereocenters. The van der Waals surface area contributed by atoms with Gasteiger partial charge in [0.2, 0.25) is 5.91 Å². The topological polar surface area (TPSA) is 61.8 Å². The Morgan fingerprint density at radius 2 is 2.25 bits per heavy atom. The van der Waals surface area contributed by atoms with Gasteiger partial charge < -0.3 is 15.2 Å². The molecule has 1 heterocycles. The van der Waals surface area contributed by atoms with Crippen LogP contribution in [0.1, 0.15) is 18.5 Å². The number of rotatable bonds is 5. The fourth-order valence-electron chi connectivity index (χ4n) is 2.36. The Bertz CT molecular complexity index is 424. The van der Waals surface area contributed by atoms with Crippen molar-refractivity contribution in [3.8, 4) is 0 Å². The summed E-state index contributed by atoms with van der Waals surface area (Å²) in [5.41, 5.74) is 1.08.